The van der Waals surface area contributed by atoms with Crippen molar-refractivity contribution in [3.8, 4) is 67.5 Å². The van der Waals surface area contributed by atoms with Crippen LogP contribution in [0, 0.1) is 166 Å². The Balaban J connectivity index is 0.000000195. The van der Waals surface area contributed by atoms with E-state index >= 15 is 0 Å². The van der Waals surface area contributed by atoms with Crippen molar-refractivity contribution >= 4 is 0 Å². The summed E-state index contributed by atoms with van der Waals surface area (Å²) in [6.07, 6.45) is 1.73. The molecule has 6 aromatic heterocycles. The Labute approximate surface area is 637 Å². The number of hydrogen-bond acceptors (Lipinski definition) is 0. The lowest BCUT2D eigenvalue weighted by atomic mass is 9.97. The van der Waals surface area contributed by atoms with Crippen molar-refractivity contribution < 1.29 is 48.0 Å². The van der Waals surface area contributed by atoms with Crippen LogP contribution in [-0.2, 0) is 42.3 Å². The maximum Gasteiger partial charge on any atom is 0.215 e. The van der Waals surface area contributed by atoms with Gasteiger partial charge in [0.1, 0.15) is 42.3 Å². The highest BCUT2D eigenvalue weighted by atomic mass is 15.0. The molecule has 102 heavy (non-hydrogen) atoms. The van der Waals surface area contributed by atoms with Crippen molar-refractivity contribution in [3.05, 3.63) is 316 Å². The summed E-state index contributed by atoms with van der Waals surface area (Å²) >= 11 is 0. The topological polar surface area (TPSA) is 23.3 Å². The fourth-order valence-electron chi connectivity index (χ4n) is 13.3. The van der Waals surface area contributed by atoms with E-state index in [1.54, 1.807) is 91.8 Å². The summed E-state index contributed by atoms with van der Waals surface area (Å²) in [6, 6.07) is 57.9. The van der Waals surface area contributed by atoms with Gasteiger partial charge in [0.05, 0.1) is 5.56 Å². The van der Waals surface area contributed by atoms with Gasteiger partial charge in [-0.3, -0.25) is 0 Å². The Morgan fingerprint density at radius 2 is 0.520 bits per heavy atom. The maximum atomic E-state index is 7.66. The van der Waals surface area contributed by atoms with E-state index in [2.05, 4.69) is 235 Å². The summed E-state index contributed by atoms with van der Waals surface area (Å²) in [5, 5.41) is 0. The number of aromatic nitrogens is 6. The van der Waals surface area contributed by atoms with Crippen LogP contribution in [0.2, 0.25) is 0 Å². The highest BCUT2D eigenvalue weighted by Crippen LogP contribution is 2.31. The van der Waals surface area contributed by atoms with E-state index in [0.29, 0.717) is 16.7 Å². The summed E-state index contributed by atoms with van der Waals surface area (Å²) in [7, 11) is 11.7. The van der Waals surface area contributed by atoms with E-state index in [4.69, 9.17) is 20.6 Å². The van der Waals surface area contributed by atoms with Gasteiger partial charge < -0.3 is 0 Å². The lowest BCUT2D eigenvalue weighted by Crippen LogP contribution is -2.35. The molecule has 0 unspecified atom stereocenters. The van der Waals surface area contributed by atoms with Crippen LogP contribution >= 0.6 is 0 Å². The van der Waals surface area contributed by atoms with Gasteiger partial charge in [-0.25, -0.2) is 4.57 Å². The highest BCUT2D eigenvalue weighted by molar-refractivity contribution is 5.70. The molecule has 0 fully saturated rings. The molecule has 6 heteroatoms. The second-order valence-electron chi connectivity index (χ2n) is 27.7. The first-order valence-electron chi connectivity index (χ1n) is 42.5. The van der Waals surface area contributed by atoms with E-state index in [1.165, 1.54) is 118 Å². The van der Waals surface area contributed by atoms with Crippen molar-refractivity contribution in [2.75, 3.05) is 0 Å². The minimum atomic E-state index is -2.23. The Morgan fingerprint density at radius 1 is 0.225 bits per heavy atom. The fraction of sp³-hybridized carbons (Fsp3) is 0.312. The Hall–Kier alpha value is -9.78. The van der Waals surface area contributed by atoms with Crippen LogP contribution in [0.1, 0.15) is 155 Å². The van der Waals surface area contributed by atoms with Crippen LogP contribution in [0.4, 0.5) is 0 Å². The molecule has 0 N–H and O–H groups in total. The SMILES string of the molecule is Cc1ccc(-c2c(C)ccc(C)[n+]2C)c(C)c1.Cc1cccc(-c2c(C)ccc(C)[n+]2C)c1C.Cc1cccc(-c2c(C)ccc(C)[n+]2C)c1C.[2H]C([2H])([2H])c1c[n+](C)c(-c2c(C)cccc2C)cc1C.[2H]C([2H])([2H])c1cccc(-c2c(C)ccc(C([2H])([2H])[2H])[n+]2C)c1C.[2H]C([2H])([2H])c1cccc(-c2c(C)ccc(C([2H])([2H])[2H])[n+]2C)c1C. The summed E-state index contributed by atoms with van der Waals surface area (Å²) in [6.45, 7) is 28.4. The summed E-state index contributed by atoms with van der Waals surface area (Å²) in [5.41, 5.74) is 36.8. The van der Waals surface area contributed by atoms with Gasteiger partial charge >= 0.3 is 0 Å². The second-order valence-corrected chi connectivity index (χ2v) is 27.7. The molecule has 528 valence electrons. The molecule has 0 amide bonds. The molecule has 6 nitrogen and oxygen atoms in total. The molecule has 0 spiro atoms. The average Bonchev–Trinajstić information content (AvgIpc) is 0.766. The molecule has 0 saturated heterocycles. The standard InChI is InChI=1S/6C16H20N/c1-11-6-9-15(13(3)10-11)16-12(2)7-8-14(4)17(16)5;1-11-7-6-8-12(2)16(11)15-9-13(3)14(4)10-17(15)5;4*1-11-7-6-8-15(14(11)4)16-12(2)9-10-13(3)17(16)5/h6*6-10H,1-5H3/q6*+1/i;4D3;2*1D3,3D3;;. The first-order valence-corrected chi connectivity index (χ1v) is 35.0. The van der Waals surface area contributed by atoms with E-state index in [1.807, 2.05) is 56.7 Å². The minimum Gasteiger partial charge on any atom is -0.201 e. The third-order valence-corrected chi connectivity index (χ3v) is 20.3. The van der Waals surface area contributed by atoms with Crippen molar-refractivity contribution in [3.63, 3.8) is 0 Å². The molecule has 0 aliphatic carbocycles. The summed E-state index contributed by atoms with van der Waals surface area (Å²) in [5.74, 6) is 0. The first-order chi connectivity index (χ1) is 54.1. The van der Waals surface area contributed by atoms with Crippen molar-refractivity contribution in [1.82, 2.24) is 0 Å². The van der Waals surface area contributed by atoms with Gasteiger partial charge in [0.15, 0.2) is 34.7 Å². The van der Waals surface area contributed by atoms with Crippen LogP contribution in [0.25, 0.3) is 67.5 Å². The zero-order valence-corrected chi connectivity index (χ0v) is 65.5. The molecule has 0 atom stereocenters. The first kappa shape index (κ1) is 59.9. The fourth-order valence-corrected chi connectivity index (χ4v) is 13.3. The Bertz CT molecular complexity index is 5390. The van der Waals surface area contributed by atoms with E-state index in [-0.39, 0.29) is 22.5 Å². The Kier molecular flexibility index (Phi) is 20.4. The van der Waals surface area contributed by atoms with Gasteiger partial charge in [0.2, 0.25) is 34.2 Å². The van der Waals surface area contributed by atoms with Gasteiger partial charge in [0, 0.05) is 153 Å². The molecule has 0 bridgehead atoms. The molecule has 12 aromatic rings. The smallest absolute Gasteiger partial charge is 0.201 e. The number of rotatable bonds is 6. The number of aryl methyl sites for hydroxylation is 21. The van der Waals surface area contributed by atoms with Gasteiger partial charge in [-0.2, -0.15) is 22.8 Å². The van der Waals surface area contributed by atoms with Crippen LogP contribution < -0.4 is 27.4 Å². The zero-order chi connectivity index (χ0) is 88.0. The van der Waals surface area contributed by atoms with E-state index in [9.17, 15) is 0 Å². The molecule has 0 saturated carbocycles. The van der Waals surface area contributed by atoms with Gasteiger partial charge in [0.25, 0.3) is 0 Å². The third-order valence-electron chi connectivity index (χ3n) is 20.3. The minimum absolute atomic E-state index is 0.219. The monoisotopic (exact) mass is 1370 g/mol. The molecular formula is C96H120N6+6. The number of hydrogen-bond donors (Lipinski definition) is 0. The van der Waals surface area contributed by atoms with Crippen LogP contribution in [0.5, 0.6) is 0 Å². The van der Waals surface area contributed by atoms with Crippen molar-refractivity contribution in [2.24, 2.45) is 42.3 Å². The van der Waals surface area contributed by atoms with Crippen LogP contribution in [0.3, 0.4) is 0 Å². The molecule has 12 rings (SSSR count). The third kappa shape index (κ3) is 18.3. The lowest BCUT2D eigenvalue weighted by Gasteiger charge is -2.10. The van der Waals surface area contributed by atoms with Crippen molar-refractivity contribution in [2.45, 2.75) is 166 Å². The number of nitrogens with zero attached hydrogens (tertiary/aromatic N) is 6. The Morgan fingerprint density at radius 3 is 0.853 bits per heavy atom. The average molecular weight is 1370 g/mol. The number of pyridine rings is 6. The summed E-state index contributed by atoms with van der Waals surface area (Å²) < 4.78 is 127. The molecule has 0 radical (unpaired) electrons. The molecule has 6 heterocycles. The zero-order valence-electron chi connectivity index (χ0n) is 80.5. The van der Waals surface area contributed by atoms with Crippen molar-refractivity contribution in [1.29, 1.82) is 0 Å². The predicted octanol–water partition coefficient (Wildman–Crippen LogP) is 20.5. The largest absolute Gasteiger partial charge is 0.215 e. The maximum absolute atomic E-state index is 7.66. The normalized spacial score (nSPS) is 13.4. The number of benzene rings is 6. The van der Waals surface area contributed by atoms with E-state index in [0.717, 1.165) is 44.9 Å². The molecule has 0 aliphatic heterocycles. The predicted molar refractivity (Wildman–Crippen MR) is 432 cm³/mol. The molecule has 0 aliphatic rings. The second kappa shape index (κ2) is 34.7. The lowest BCUT2D eigenvalue weighted by molar-refractivity contribution is -0.667. The van der Waals surface area contributed by atoms with Gasteiger partial charge in [-0.1, -0.05) is 84.4 Å². The van der Waals surface area contributed by atoms with Gasteiger partial charge in [-0.05, 0) is 259 Å². The van der Waals surface area contributed by atoms with E-state index < -0.39 is 34.3 Å². The highest BCUT2D eigenvalue weighted by Gasteiger charge is 2.24. The molecule has 6 aromatic carbocycles. The van der Waals surface area contributed by atoms with Gasteiger partial charge in [-0.15, -0.1) is 0 Å². The quantitative estimate of drug-likeness (QED) is 0.148. The van der Waals surface area contributed by atoms with Crippen LogP contribution in [-0.4, -0.2) is 0 Å². The molecular weight excluding hydrogens is 1240 g/mol. The summed E-state index contributed by atoms with van der Waals surface area (Å²) in [4.78, 5) is 0. The van der Waals surface area contributed by atoms with Crippen LogP contribution in [0.15, 0.2) is 182 Å².